The van der Waals surface area contributed by atoms with Gasteiger partial charge in [0.15, 0.2) is 0 Å². The number of hydrogen-bond donors (Lipinski definition) is 1. The fourth-order valence-electron chi connectivity index (χ4n) is 2.10. The lowest BCUT2D eigenvalue weighted by Crippen LogP contribution is -2.32. The summed E-state index contributed by atoms with van der Waals surface area (Å²) in [6.45, 7) is 2.80. The summed E-state index contributed by atoms with van der Waals surface area (Å²) >= 11 is 0. The van der Waals surface area contributed by atoms with Crippen LogP contribution in [0.2, 0.25) is 0 Å². The van der Waals surface area contributed by atoms with Crippen molar-refractivity contribution < 1.29 is 23.0 Å². The first-order chi connectivity index (χ1) is 11.2. The van der Waals surface area contributed by atoms with Gasteiger partial charge in [-0.05, 0) is 26.0 Å². The van der Waals surface area contributed by atoms with Gasteiger partial charge in [-0.25, -0.2) is 4.98 Å². The summed E-state index contributed by atoms with van der Waals surface area (Å²) in [7, 11) is 0. The van der Waals surface area contributed by atoms with Gasteiger partial charge in [-0.2, -0.15) is 13.2 Å². The van der Waals surface area contributed by atoms with Gasteiger partial charge in [0.2, 0.25) is 0 Å². The summed E-state index contributed by atoms with van der Waals surface area (Å²) < 4.78 is 44.9. The number of halogens is 3. The molecule has 0 aliphatic rings. The highest BCUT2D eigenvalue weighted by molar-refractivity contribution is 5.35. The Morgan fingerprint density at radius 2 is 1.96 bits per heavy atom. The van der Waals surface area contributed by atoms with E-state index in [1.54, 1.807) is 13.8 Å². The molecule has 130 valence electrons. The number of rotatable bonds is 5. The predicted molar refractivity (Wildman–Crippen MR) is 80.9 cm³/mol. The Balaban J connectivity index is 2.06. The van der Waals surface area contributed by atoms with Crippen LogP contribution in [0.5, 0.6) is 5.75 Å². The Hall–Kier alpha value is -2.35. The van der Waals surface area contributed by atoms with E-state index in [4.69, 9.17) is 4.74 Å². The lowest BCUT2D eigenvalue weighted by atomic mass is 10.2. The second-order valence-electron chi connectivity index (χ2n) is 5.37. The molecule has 1 aromatic carbocycles. The first-order valence-corrected chi connectivity index (χ1v) is 7.20. The zero-order valence-corrected chi connectivity index (χ0v) is 13.2. The average molecular weight is 342 g/mol. The van der Waals surface area contributed by atoms with Crippen LogP contribution in [0.25, 0.3) is 0 Å². The number of ether oxygens (including phenoxy) is 1. The van der Waals surface area contributed by atoms with Crippen LogP contribution in [0, 0.1) is 13.8 Å². The maximum atomic E-state index is 12.9. The molecule has 8 heteroatoms. The lowest BCUT2D eigenvalue weighted by molar-refractivity contribution is -0.139. The molecule has 2 rings (SSSR count). The number of hydrogen-bond acceptors (Lipinski definition) is 4. The van der Waals surface area contributed by atoms with Crippen LogP contribution < -0.4 is 10.3 Å². The number of benzene rings is 1. The highest BCUT2D eigenvalue weighted by Crippen LogP contribution is 2.35. The maximum absolute atomic E-state index is 12.9. The number of aliphatic hydroxyl groups is 1. The van der Waals surface area contributed by atoms with Gasteiger partial charge >= 0.3 is 6.18 Å². The molecule has 2 aromatic rings. The molecule has 1 unspecified atom stereocenters. The normalized spacial score (nSPS) is 12.9. The maximum Gasteiger partial charge on any atom is 0.419 e. The molecule has 1 aromatic heterocycles. The van der Waals surface area contributed by atoms with Gasteiger partial charge < -0.3 is 9.84 Å². The lowest BCUT2D eigenvalue weighted by Gasteiger charge is -2.17. The summed E-state index contributed by atoms with van der Waals surface area (Å²) in [4.78, 5) is 16.0. The second-order valence-corrected chi connectivity index (χ2v) is 5.37. The quantitative estimate of drug-likeness (QED) is 0.906. The van der Waals surface area contributed by atoms with E-state index >= 15 is 0 Å². The van der Waals surface area contributed by atoms with Gasteiger partial charge in [-0.1, -0.05) is 12.1 Å². The molecule has 1 atom stereocenters. The van der Waals surface area contributed by atoms with Crippen LogP contribution in [0.3, 0.4) is 0 Å². The van der Waals surface area contributed by atoms with E-state index in [1.807, 2.05) is 0 Å². The highest BCUT2D eigenvalue weighted by Gasteiger charge is 2.34. The van der Waals surface area contributed by atoms with E-state index in [2.05, 4.69) is 4.98 Å². The van der Waals surface area contributed by atoms with Gasteiger partial charge in [0, 0.05) is 11.3 Å². The summed E-state index contributed by atoms with van der Waals surface area (Å²) in [5, 5.41) is 9.95. The van der Waals surface area contributed by atoms with E-state index in [0.29, 0.717) is 11.3 Å². The molecular weight excluding hydrogens is 325 g/mol. The van der Waals surface area contributed by atoms with Gasteiger partial charge in [0.05, 0.1) is 18.4 Å². The van der Waals surface area contributed by atoms with E-state index in [9.17, 15) is 23.1 Å². The molecule has 0 aliphatic heterocycles. The van der Waals surface area contributed by atoms with Gasteiger partial charge in [-0.15, -0.1) is 0 Å². The van der Waals surface area contributed by atoms with Crippen molar-refractivity contribution in [1.29, 1.82) is 0 Å². The van der Waals surface area contributed by atoms with Gasteiger partial charge in [-0.3, -0.25) is 9.36 Å². The first-order valence-electron chi connectivity index (χ1n) is 7.20. The van der Waals surface area contributed by atoms with Crippen molar-refractivity contribution in [2.24, 2.45) is 0 Å². The van der Waals surface area contributed by atoms with Crippen molar-refractivity contribution in [3.8, 4) is 5.75 Å². The minimum absolute atomic E-state index is 0.124. The number of nitrogens with zero attached hydrogens (tertiary/aromatic N) is 2. The van der Waals surface area contributed by atoms with Crippen molar-refractivity contribution in [2.75, 3.05) is 6.61 Å². The van der Waals surface area contributed by atoms with Crippen LogP contribution in [-0.4, -0.2) is 27.4 Å². The smallest absolute Gasteiger partial charge is 0.419 e. The summed E-state index contributed by atoms with van der Waals surface area (Å²) in [5.41, 5.74) is -0.186. The second kappa shape index (κ2) is 7.04. The van der Waals surface area contributed by atoms with Crippen LogP contribution in [0.1, 0.15) is 16.8 Å². The molecule has 0 saturated carbocycles. The minimum atomic E-state index is -4.55. The van der Waals surface area contributed by atoms with Crippen LogP contribution in [-0.2, 0) is 12.7 Å². The molecule has 24 heavy (non-hydrogen) atoms. The van der Waals surface area contributed by atoms with E-state index in [0.717, 1.165) is 6.07 Å². The molecule has 0 fully saturated rings. The van der Waals surface area contributed by atoms with Gasteiger partial charge in [0.1, 0.15) is 18.5 Å². The monoisotopic (exact) mass is 342 g/mol. The molecule has 0 aliphatic carbocycles. The molecular formula is C16H17F3N2O3. The van der Waals surface area contributed by atoms with Crippen LogP contribution in [0.15, 0.2) is 35.4 Å². The Morgan fingerprint density at radius 3 is 2.62 bits per heavy atom. The first kappa shape index (κ1) is 18.0. The zero-order valence-electron chi connectivity index (χ0n) is 13.2. The third-order valence-electron chi connectivity index (χ3n) is 3.55. The minimum Gasteiger partial charge on any atom is -0.490 e. The van der Waals surface area contributed by atoms with E-state index in [1.165, 1.54) is 29.1 Å². The Kier molecular flexibility index (Phi) is 5.28. The summed E-state index contributed by atoms with van der Waals surface area (Å²) in [6, 6.07) is 4.75. The molecule has 0 bridgehead atoms. The summed E-state index contributed by atoms with van der Waals surface area (Å²) in [6.07, 6.45) is -4.42. The Morgan fingerprint density at radius 1 is 1.29 bits per heavy atom. The van der Waals surface area contributed by atoms with E-state index in [-0.39, 0.29) is 24.5 Å². The largest absolute Gasteiger partial charge is 0.490 e. The van der Waals surface area contributed by atoms with Crippen molar-refractivity contribution in [3.05, 3.63) is 57.8 Å². The Labute approximate surface area is 136 Å². The fraction of sp³-hybridized carbons (Fsp3) is 0.375. The third-order valence-corrected chi connectivity index (χ3v) is 3.55. The van der Waals surface area contributed by atoms with Crippen LogP contribution in [0.4, 0.5) is 13.2 Å². The number of aromatic nitrogens is 2. The number of aryl methyl sites for hydroxylation is 1. The third kappa shape index (κ3) is 4.14. The fourth-order valence-corrected chi connectivity index (χ4v) is 2.10. The van der Waals surface area contributed by atoms with E-state index < -0.39 is 17.8 Å². The highest BCUT2D eigenvalue weighted by atomic mass is 19.4. The molecule has 0 amide bonds. The summed E-state index contributed by atoms with van der Waals surface area (Å²) in [5.74, 6) is -0.366. The molecule has 5 nitrogen and oxygen atoms in total. The SMILES string of the molecule is Cc1ncn(CC(O)COc2ccccc2C(F)(F)F)c(=O)c1C. The molecule has 0 radical (unpaired) electrons. The number of para-hydroxylation sites is 1. The van der Waals surface area contributed by atoms with Crippen molar-refractivity contribution >= 4 is 0 Å². The zero-order chi connectivity index (χ0) is 17.9. The molecule has 0 spiro atoms. The standard InChI is InChI=1S/C16H17F3N2O3/c1-10-11(2)20-9-21(15(10)23)7-12(22)8-24-14-6-4-3-5-13(14)16(17,18)19/h3-6,9,12,22H,7-8H2,1-2H3. The Bertz CT molecular complexity index is 772. The average Bonchev–Trinajstić information content (AvgIpc) is 2.53. The number of aliphatic hydroxyl groups excluding tert-OH is 1. The topological polar surface area (TPSA) is 64.3 Å². The van der Waals surface area contributed by atoms with Gasteiger partial charge in [0.25, 0.3) is 5.56 Å². The predicted octanol–water partition coefficient (Wildman–Crippen LogP) is 2.32. The van der Waals surface area contributed by atoms with Crippen molar-refractivity contribution in [2.45, 2.75) is 32.7 Å². The van der Waals surface area contributed by atoms with Crippen molar-refractivity contribution in [3.63, 3.8) is 0 Å². The molecule has 1 N–H and O–H groups in total. The molecule has 1 heterocycles. The van der Waals surface area contributed by atoms with Crippen LogP contribution >= 0.6 is 0 Å². The van der Waals surface area contributed by atoms with Crippen molar-refractivity contribution in [1.82, 2.24) is 9.55 Å². The number of alkyl halides is 3. The molecule has 0 saturated heterocycles.